The normalized spacial score (nSPS) is 22.4. The van der Waals surface area contributed by atoms with Crippen LogP contribution in [0.25, 0.3) is 0 Å². The Balaban J connectivity index is 1.93. The second kappa shape index (κ2) is 6.15. The molecule has 0 spiro atoms. The average molecular weight is 236 g/mol. The number of benzene rings is 1. The maximum Gasteiger partial charge on any atom is 0.158 e. The van der Waals surface area contributed by atoms with Crippen LogP contribution in [0.3, 0.4) is 0 Å². The van der Waals surface area contributed by atoms with Gasteiger partial charge in [-0.3, -0.25) is 0 Å². The molecule has 0 aromatic heterocycles. The molecule has 0 saturated carbocycles. The molecule has 0 radical (unpaired) electrons. The number of hydrogen-bond acceptors (Lipinski definition) is 3. The number of aliphatic hydroxyl groups is 1. The first-order chi connectivity index (χ1) is 8.27. The second-order valence-corrected chi connectivity index (χ2v) is 4.48. The van der Waals surface area contributed by atoms with Crippen molar-refractivity contribution in [1.82, 2.24) is 0 Å². The van der Waals surface area contributed by atoms with Crippen LogP contribution in [0.2, 0.25) is 0 Å². The van der Waals surface area contributed by atoms with Crippen LogP contribution in [-0.2, 0) is 16.1 Å². The average Bonchev–Trinajstić information content (AvgIpc) is 2.38. The molecule has 3 nitrogen and oxygen atoms in total. The first-order valence-corrected chi connectivity index (χ1v) is 6.26. The van der Waals surface area contributed by atoms with Crippen LogP contribution in [0.15, 0.2) is 24.3 Å². The topological polar surface area (TPSA) is 38.7 Å². The van der Waals surface area contributed by atoms with Crippen molar-refractivity contribution in [2.24, 2.45) is 0 Å². The minimum absolute atomic E-state index is 0.0780. The molecule has 0 bridgehead atoms. The van der Waals surface area contributed by atoms with Gasteiger partial charge in [-0.15, -0.1) is 0 Å². The SMILES string of the molecule is CC(O)c1ccccc1COC1CCCCO1. The van der Waals surface area contributed by atoms with Gasteiger partial charge in [0.1, 0.15) is 0 Å². The van der Waals surface area contributed by atoms with Gasteiger partial charge in [0.2, 0.25) is 0 Å². The molecule has 94 valence electrons. The van der Waals surface area contributed by atoms with E-state index in [9.17, 15) is 5.11 Å². The van der Waals surface area contributed by atoms with Crippen LogP contribution in [0.5, 0.6) is 0 Å². The first-order valence-electron chi connectivity index (χ1n) is 6.26. The molecule has 1 aliphatic rings. The maximum absolute atomic E-state index is 9.65. The van der Waals surface area contributed by atoms with E-state index in [1.165, 1.54) is 6.42 Å². The Morgan fingerprint density at radius 3 is 2.94 bits per heavy atom. The van der Waals surface area contributed by atoms with E-state index in [4.69, 9.17) is 9.47 Å². The molecule has 1 saturated heterocycles. The zero-order valence-corrected chi connectivity index (χ0v) is 10.3. The first kappa shape index (κ1) is 12.6. The zero-order valence-electron chi connectivity index (χ0n) is 10.3. The Hall–Kier alpha value is -0.900. The third-order valence-corrected chi connectivity index (χ3v) is 3.07. The van der Waals surface area contributed by atoms with Crippen molar-refractivity contribution in [3.63, 3.8) is 0 Å². The number of rotatable bonds is 4. The fourth-order valence-electron chi connectivity index (χ4n) is 2.10. The van der Waals surface area contributed by atoms with Crippen LogP contribution in [0, 0.1) is 0 Å². The Morgan fingerprint density at radius 1 is 1.41 bits per heavy atom. The Labute approximate surface area is 102 Å². The van der Waals surface area contributed by atoms with E-state index in [-0.39, 0.29) is 6.29 Å². The summed E-state index contributed by atoms with van der Waals surface area (Å²) in [6.45, 7) is 3.07. The lowest BCUT2D eigenvalue weighted by Crippen LogP contribution is -2.22. The van der Waals surface area contributed by atoms with Gasteiger partial charge in [-0.05, 0) is 37.3 Å². The van der Waals surface area contributed by atoms with Crippen molar-refractivity contribution >= 4 is 0 Å². The standard InChI is InChI=1S/C14H20O3/c1-11(15)13-7-3-2-6-12(13)10-17-14-8-4-5-9-16-14/h2-3,6-7,11,14-15H,4-5,8-10H2,1H3. The van der Waals surface area contributed by atoms with Crippen LogP contribution < -0.4 is 0 Å². The van der Waals surface area contributed by atoms with Crippen LogP contribution in [0.4, 0.5) is 0 Å². The molecule has 1 aromatic carbocycles. The molecule has 1 aliphatic heterocycles. The molecule has 1 aromatic rings. The molecule has 17 heavy (non-hydrogen) atoms. The summed E-state index contributed by atoms with van der Waals surface area (Å²) in [6.07, 6.45) is 2.73. The summed E-state index contributed by atoms with van der Waals surface area (Å²) < 4.78 is 11.2. The number of hydrogen-bond donors (Lipinski definition) is 1. The molecular formula is C14H20O3. The quantitative estimate of drug-likeness (QED) is 0.873. The summed E-state index contributed by atoms with van der Waals surface area (Å²) in [6, 6.07) is 7.82. The van der Waals surface area contributed by atoms with Crippen LogP contribution in [-0.4, -0.2) is 18.0 Å². The summed E-state index contributed by atoms with van der Waals surface area (Å²) in [7, 11) is 0. The molecule has 2 atom stereocenters. The molecule has 1 heterocycles. The van der Waals surface area contributed by atoms with Crippen LogP contribution >= 0.6 is 0 Å². The van der Waals surface area contributed by atoms with E-state index in [2.05, 4.69) is 0 Å². The Kier molecular flexibility index (Phi) is 4.54. The highest BCUT2D eigenvalue weighted by molar-refractivity contribution is 5.28. The van der Waals surface area contributed by atoms with Crippen molar-refractivity contribution in [2.45, 2.75) is 45.2 Å². The smallest absolute Gasteiger partial charge is 0.158 e. The Bertz CT molecular complexity index is 343. The lowest BCUT2D eigenvalue weighted by atomic mass is 10.0. The number of ether oxygens (including phenoxy) is 2. The fourth-order valence-corrected chi connectivity index (χ4v) is 2.10. The van der Waals surface area contributed by atoms with E-state index in [0.29, 0.717) is 6.61 Å². The van der Waals surface area contributed by atoms with Crippen molar-refractivity contribution in [3.8, 4) is 0 Å². The van der Waals surface area contributed by atoms with Gasteiger partial charge in [0.15, 0.2) is 6.29 Å². The molecule has 0 amide bonds. The lowest BCUT2D eigenvalue weighted by Gasteiger charge is -2.23. The largest absolute Gasteiger partial charge is 0.389 e. The molecular weight excluding hydrogens is 216 g/mol. The summed E-state index contributed by atoms with van der Waals surface area (Å²) in [4.78, 5) is 0. The highest BCUT2D eigenvalue weighted by atomic mass is 16.7. The van der Waals surface area contributed by atoms with Gasteiger partial charge in [-0.1, -0.05) is 24.3 Å². The predicted octanol–water partition coefficient (Wildman–Crippen LogP) is 2.78. The third-order valence-electron chi connectivity index (χ3n) is 3.07. The van der Waals surface area contributed by atoms with Crippen molar-refractivity contribution < 1.29 is 14.6 Å². The minimum atomic E-state index is -0.456. The third kappa shape index (κ3) is 3.53. The summed E-state index contributed by atoms with van der Waals surface area (Å²) in [5, 5.41) is 9.65. The van der Waals surface area contributed by atoms with Gasteiger partial charge in [0.25, 0.3) is 0 Å². The van der Waals surface area contributed by atoms with Gasteiger partial charge < -0.3 is 14.6 Å². The molecule has 0 aliphatic carbocycles. The summed E-state index contributed by atoms with van der Waals surface area (Å²) >= 11 is 0. The van der Waals surface area contributed by atoms with E-state index in [1.807, 2.05) is 24.3 Å². The second-order valence-electron chi connectivity index (χ2n) is 4.48. The van der Waals surface area contributed by atoms with Crippen LogP contribution in [0.1, 0.15) is 43.4 Å². The molecule has 1 N–H and O–H groups in total. The highest BCUT2D eigenvalue weighted by Gasteiger charge is 2.15. The van der Waals surface area contributed by atoms with E-state index in [1.54, 1.807) is 6.92 Å². The van der Waals surface area contributed by atoms with E-state index >= 15 is 0 Å². The molecule has 1 fully saturated rings. The Morgan fingerprint density at radius 2 is 2.24 bits per heavy atom. The number of aliphatic hydroxyl groups excluding tert-OH is 1. The zero-order chi connectivity index (χ0) is 12.1. The van der Waals surface area contributed by atoms with Gasteiger partial charge in [0.05, 0.1) is 12.7 Å². The van der Waals surface area contributed by atoms with E-state index < -0.39 is 6.10 Å². The van der Waals surface area contributed by atoms with Crippen molar-refractivity contribution in [2.75, 3.05) is 6.61 Å². The predicted molar refractivity (Wildman–Crippen MR) is 65.5 cm³/mol. The molecule has 2 unspecified atom stereocenters. The van der Waals surface area contributed by atoms with Crippen molar-refractivity contribution in [3.05, 3.63) is 35.4 Å². The fraction of sp³-hybridized carbons (Fsp3) is 0.571. The monoisotopic (exact) mass is 236 g/mol. The maximum atomic E-state index is 9.65. The van der Waals surface area contributed by atoms with Gasteiger partial charge >= 0.3 is 0 Å². The summed E-state index contributed by atoms with van der Waals surface area (Å²) in [5.41, 5.74) is 1.97. The molecule has 3 heteroatoms. The highest BCUT2D eigenvalue weighted by Crippen LogP contribution is 2.20. The van der Waals surface area contributed by atoms with Gasteiger partial charge in [-0.2, -0.15) is 0 Å². The van der Waals surface area contributed by atoms with Gasteiger partial charge in [-0.25, -0.2) is 0 Å². The summed E-state index contributed by atoms with van der Waals surface area (Å²) in [5.74, 6) is 0. The molecule has 2 rings (SSSR count). The minimum Gasteiger partial charge on any atom is -0.389 e. The van der Waals surface area contributed by atoms with E-state index in [0.717, 1.165) is 30.6 Å². The lowest BCUT2D eigenvalue weighted by molar-refractivity contribution is -0.169. The van der Waals surface area contributed by atoms with Crippen molar-refractivity contribution in [1.29, 1.82) is 0 Å². The van der Waals surface area contributed by atoms with Gasteiger partial charge in [0, 0.05) is 6.61 Å².